The third-order valence-electron chi connectivity index (χ3n) is 3.29. The van der Waals surface area contributed by atoms with E-state index in [0.717, 1.165) is 11.3 Å². The molecule has 0 saturated heterocycles. The van der Waals surface area contributed by atoms with E-state index in [2.05, 4.69) is 4.72 Å². The number of sulfonamides is 1. The van der Waals surface area contributed by atoms with Crippen molar-refractivity contribution < 1.29 is 17.9 Å². The predicted octanol–water partition coefficient (Wildman–Crippen LogP) is 2.87. The molecule has 0 aliphatic carbocycles. The highest BCUT2D eigenvalue weighted by molar-refractivity contribution is 7.91. The number of ether oxygens (including phenoxy) is 1. The molecule has 0 aliphatic rings. The highest BCUT2D eigenvalue weighted by Gasteiger charge is 2.19. The maximum absolute atomic E-state index is 12.2. The number of amides is 1. The van der Waals surface area contributed by atoms with Gasteiger partial charge >= 0.3 is 0 Å². The van der Waals surface area contributed by atoms with Gasteiger partial charge in [0.2, 0.25) is 15.9 Å². The Kier molecular flexibility index (Phi) is 6.57. The number of thiophene rings is 1. The van der Waals surface area contributed by atoms with E-state index in [4.69, 9.17) is 4.74 Å². The molecule has 0 unspecified atom stereocenters. The first-order valence-corrected chi connectivity index (χ1v) is 10.2. The van der Waals surface area contributed by atoms with Gasteiger partial charge in [-0.2, -0.15) is 0 Å². The average molecular weight is 383 g/mol. The molecule has 1 aromatic carbocycles. The summed E-state index contributed by atoms with van der Waals surface area (Å²) in [7, 11) is -3.55. The molecule has 0 aliphatic heterocycles. The molecule has 1 aromatic heterocycles. The summed E-state index contributed by atoms with van der Waals surface area (Å²) in [5.41, 5.74) is 0.624. The lowest BCUT2D eigenvalue weighted by molar-refractivity contribution is -0.116. The van der Waals surface area contributed by atoms with Gasteiger partial charge in [0, 0.05) is 20.0 Å². The molecule has 2 aromatic rings. The molecule has 1 N–H and O–H groups in total. The second-order valence-electron chi connectivity index (χ2n) is 5.63. The van der Waals surface area contributed by atoms with Gasteiger partial charge in [-0.1, -0.05) is 18.2 Å². The SMILES string of the molecule is CC(=O)N(CCNS(=O)(=O)c1cccs1)c1ccccc1OC(C)C. The van der Waals surface area contributed by atoms with E-state index in [-0.39, 0.29) is 29.3 Å². The summed E-state index contributed by atoms with van der Waals surface area (Å²) in [6.07, 6.45) is -0.0349. The van der Waals surface area contributed by atoms with Crippen LogP contribution in [0.4, 0.5) is 5.69 Å². The number of carbonyl (C=O) groups excluding carboxylic acids is 1. The number of hydrogen-bond acceptors (Lipinski definition) is 5. The van der Waals surface area contributed by atoms with Crippen LogP contribution in [0.1, 0.15) is 20.8 Å². The number of hydrogen-bond donors (Lipinski definition) is 1. The fourth-order valence-electron chi connectivity index (χ4n) is 2.26. The highest BCUT2D eigenvalue weighted by atomic mass is 32.2. The lowest BCUT2D eigenvalue weighted by Gasteiger charge is -2.24. The Bertz CT molecular complexity index is 802. The molecule has 25 heavy (non-hydrogen) atoms. The minimum atomic E-state index is -3.55. The Hall–Kier alpha value is -1.90. The van der Waals surface area contributed by atoms with E-state index in [1.807, 2.05) is 26.0 Å². The maximum Gasteiger partial charge on any atom is 0.250 e. The van der Waals surface area contributed by atoms with Gasteiger partial charge in [0.15, 0.2) is 0 Å². The first-order chi connectivity index (χ1) is 11.8. The largest absolute Gasteiger partial charge is 0.489 e. The normalized spacial score (nSPS) is 11.5. The van der Waals surface area contributed by atoms with Gasteiger partial charge in [0.1, 0.15) is 9.96 Å². The zero-order chi connectivity index (χ0) is 18.4. The topological polar surface area (TPSA) is 75.7 Å². The summed E-state index contributed by atoms with van der Waals surface area (Å²) in [6, 6.07) is 10.4. The van der Waals surface area contributed by atoms with E-state index in [1.165, 1.54) is 11.8 Å². The molecular formula is C17H22N2O4S2. The smallest absolute Gasteiger partial charge is 0.250 e. The summed E-state index contributed by atoms with van der Waals surface area (Å²) in [5, 5.41) is 1.70. The molecule has 0 atom stereocenters. The zero-order valence-corrected chi connectivity index (χ0v) is 16.1. The van der Waals surface area contributed by atoms with Crippen LogP contribution in [0.15, 0.2) is 46.0 Å². The lowest BCUT2D eigenvalue weighted by atomic mass is 10.2. The van der Waals surface area contributed by atoms with Crippen LogP contribution in [0.2, 0.25) is 0 Å². The molecule has 0 saturated carbocycles. The molecule has 136 valence electrons. The van der Waals surface area contributed by atoms with Gasteiger partial charge in [-0.25, -0.2) is 13.1 Å². The Labute approximate surface area is 152 Å². The summed E-state index contributed by atoms with van der Waals surface area (Å²) in [4.78, 5) is 13.6. The fraction of sp³-hybridized carbons (Fsp3) is 0.353. The molecule has 0 spiro atoms. The first-order valence-electron chi connectivity index (χ1n) is 7.88. The van der Waals surface area contributed by atoms with Crippen molar-refractivity contribution in [3.8, 4) is 5.75 Å². The van der Waals surface area contributed by atoms with Gasteiger partial charge in [0.25, 0.3) is 0 Å². The number of benzene rings is 1. The van der Waals surface area contributed by atoms with Crippen molar-refractivity contribution in [3.05, 3.63) is 41.8 Å². The van der Waals surface area contributed by atoms with Crippen LogP contribution in [0.5, 0.6) is 5.75 Å². The third-order valence-corrected chi connectivity index (χ3v) is 6.14. The molecule has 0 fully saturated rings. The van der Waals surface area contributed by atoms with E-state index >= 15 is 0 Å². The third kappa shape index (κ3) is 5.29. The Morgan fingerprint density at radius 3 is 2.56 bits per heavy atom. The van der Waals surface area contributed by atoms with Crippen LogP contribution in [0, 0.1) is 0 Å². The number of rotatable bonds is 8. The van der Waals surface area contributed by atoms with E-state index in [9.17, 15) is 13.2 Å². The van der Waals surface area contributed by atoms with Crippen LogP contribution in [0.3, 0.4) is 0 Å². The van der Waals surface area contributed by atoms with E-state index in [1.54, 1.807) is 29.6 Å². The van der Waals surface area contributed by atoms with Crippen LogP contribution in [-0.2, 0) is 14.8 Å². The van der Waals surface area contributed by atoms with Crippen LogP contribution < -0.4 is 14.4 Å². The molecule has 8 heteroatoms. The van der Waals surface area contributed by atoms with Crippen molar-refractivity contribution in [1.82, 2.24) is 4.72 Å². The van der Waals surface area contributed by atoms with Crippen molar-refractivity contribution in [2.24, 2.45) is 0 Å². The Balaban J connectivity index is 2.11. The first kappa shape index (κ1) is 19.4. The van der Waals surface area contributed by atoms with Gasteiger partial charge < -0.3 is 9.64 Å². The van der Waals surface area contributed by atoms with Crippen LogP contribution in [-0.4, -0.2) is 33.5 Å². The zero-order valence-electron chi connectivity index (χ0n) is 14.4. The van der Waals surface area contributed by atoms with Gasteiger partial charge in [-0.05, 0) is 37.4 Å². The summed E-state index contributed by atoms with van der Waals surface area (Å²) >= 11 is 1.15. The maximum atomic E-state index is 12.2. The van der Waals surface area contributed by atoms with Gasteiger partial charge in [-0.15, -0.1) is 11.3 Å². The molecule has 6 nitrogen and oxygen atoms in total. The standard InChI is InChI=1S/C17H22N2O4S2/c1-13(2)23-16-8-5-4-7-15(16)19(14(3)20)11-10-18-25(21,22)17-9-6-12-24-17/h4-9,12-13,18H,10-11H2,1-3H3. The summed E-state index contributed by atoms with van der Waals surface area (Å²) < 4.78 is 32.9. The van der Waals surface area contributed by atoms with Crippen molar-refractivity contribution in [3.63, 3.8) is 0 Å². The second kappa shape index (κ2) is 8.46. The fourth-order valence-corrected chi connectivity index (χ4v) is 4.32. The quantitative estimate of drug-likeness (QED) is 0.762. The number of nitrogens with zero attached hydrogens (tertiary/aromatic N) is 1. The predicted molar refractivity (Wildman–Crippen MR) is 99.7 cm³/mol. The monoisotopic (exact) mass is 382 g/mol. The van der Waals surface area contributed by atoms with Crippen molar-refractivity contribution in [1.29, 1.82) is 0 Å². The minimum absolute atomic E-state index is 0.0349. The minimum Gasteiger partial charge on any atom is -0.489 e. The number of para-hydroxylation sites is 2. The highest BCUT2D eigenvalue weighted by Crippen LogP contribution is 2.29. The number of anilines is 1. The average Bonchev–Trinajstić information content (AvgIpc) is 3.07. The molecule has 2 rings (SSSR count). The molecule has 0 bridgehead atoms. The summed E-state index contributed by atoms with van der Waals surface area (Å²) in [6.45, 7) is 5.57. The van der Waals surface area contributed by atoms with Crippen molar-refractivity contribution >= 4 is 33.0 Å². The van der Waals surface area contributed by atoms with Gasteiger partial charge in [0.05, 0.1) is 11.8 Å². The van der Waals surface area contributed by atoms with E-state index in [0.29, 0.717) is 11.4 Å². The number of nitrogens with one attached hydrogen (secondary N) is 1. The molecule has 0 radical (unpaired) electrons. The molecule has 1 heterocycles. The van der Waals surface area contributed by atoms with Crippen molar-refractivity contribution in [2.45, 2.75) is 31.1 Å². The second-order valence-corrected chi connectivity index (χ2v) is 8.58. The van der Waals surface area contributed by atoms with Crippen LogP contribution in [0.25, 0.3) is 0 Å². The summed E-state index contributed by atoms with van der Waals surface area (Å²) in [5.74, 6) is 0.406. The molecule has 1 amide bonds. The van der Waals surface area contributed by atoms with Crippen molar-refractivity contribution in [2.75, 3.05) is 18.0 Å². The number of carbonyl (C=O) groups is 1. The Morgan fingerprint density at radius 1 is 1.24 bits per heavy atom. The van der Waals surface area contributed by atoms with Gasteiger partial charge in [-0.3, -0.25) is 4.79 Å². The lowest BCUT2D eigenvalue weighted by Crippen LogP contribution is -2.37. The van der Waals surface area contributed by atoms with Crippen LogP contribution >= 0.6 is 11.3 Å². The molecular weight excluding hydrogens is 360 g/mol. The van der Waals surface area contributed by atoms with E-state index < -0.39 is 10.0 Å². The Morgan fingerprint density at radius 2 is 1.96 bits per heavy atom.